The van der Waals surface area contributed by atoms with Crippen LogP contribution in [0.4, 0.5) is 0 Å². The number of likely N-dealkylation sites (N-methyl/N-ethyl adjacent to an activating group) is 1. The van der Waals surface area contributed by atoms with Gasteiger partial charge in [0.15, 0.2) is 5.96 Å². The van der Waals surface area contributed by atoms with Gasteiger partial charge in [0, 0.05) is 27.2 Å². The van der Waals surface area contributed by atoms with Crippen molar-refractivity contribution in [1.29, 1.82) is 0 Å². The molecule has 5 heteroatoms. The highest BCUT2D eigenvalue weighted by molar-refractivity contribution is 5.86. The number of benzene rings is 1. The van der Waals surface area contributed by atoms with Crippen LogP contribution in [0.5, 0.6) is 0 Å². The zero-order valence-corrected chi connectivity index (χ0v) is 14.8. The molecule has 0 unspecified atom stereocenters. The van der Waals surface area contributed by atoms with Crippen LogP contribution in [0, 0.1) is 5.41 Å². The highest BCUT2D eigenvalue weighted by Gasteiger charge is 2.43. The van der Waals surface area contributed by atoms with E-state index in [4.69, 9.17) is 4.99 Å². The molecule has 0 bridgehead atoms. The maximum atomic E-state index is 11.9. The standard InChI is InChI=1S/C19H28N4O/c1-22(2)17(24)14-21-18(20-13-16-7-4-3-5-8-16)23-12-11-19(15-23)9-6-10-19/h3-5,7-8H,6,9-15H2,1-2H3,(H,20,21). The van der Waals surface area contributed by atoms with E-state index in [-0.39, 0.29) is 5.91 Å². The summed E-state index contributed by atoms with van der Waals surface area (Å²) in [5, 5.41) is 3.28. The third-order valence-corrected chi connectivity index (χ3v) is 5.30. The van der Waals surface area contributed by atoms with Crippen LogP contribution in [0.25, 0.3) is 0 Å². The minimum Gasteiger partial charge on any atom is -0.347 e. The summed E-state index contributed by atoms with van der Waals surface area (Å²) in [6.07, 6.45) is 5.29. The fraction of sp³-hybridized carbons (Fsp3) is 0.579. The van der Waals surface area contributed by atoms with Gasteiger partial charge in [-0.3, -0.25) is 4.79 Å². The van der Waals surface area contributed by atoms with E-state index in [0.717, 1.165) is 19.0 Å². The van der Waals surface area contributed by atoms with Crippen molar-refractivity contribution in [3.8, 4) is 0 Å². The molecule has 2 fully saturated rings. The molecule has 1 amide bonds. The van der Waals surface area contributed by atoms with Crippen molar-refractivity contribution in [3.05, 3.63) is 35.9 Å². The van der Waals surface area contributed by atoms with Crippen LogP contribution in [0.1, 0.15) is 31.2 Å². The van der Waals surface area contributed by atoms with Crippen molar-refractivity contribution in [2.45, 2.75) is 32.2 Å². The van der Waals surface area contributed by atoms with E-state index < -0.39 is 0 Å². The quantitative estimate of drug-likeness (QED) is 0.680. The van der Waals surface area contributed by atoms with Crippen LogP contribution in [-0.4, -0.2) is 55.4 Å². The first-order valence-corrected chi connectivity index (χ1v) is 8.85. The highest BCUT2D eigenvalue weighted by Crippen LogP contribution is 2.47. The van der Waals surface area contributed by atoms with Gasteiger partial charge >= 0.3 is 0 Å². The number of carbonyl (C=O) groups is 1. The van der Waals surface area contributed by atoms with Gasteiger partial charge in [-0.15, -0.1) is 0 Å². The van der Waals surface area contributed by atoms with Crippen molar-refractivity contribution in [2.75, 3.05) is 33.7 Å². The average molecular weight is 328 g/mol. The molecule has 1 aliphatic heterocycles. The number of hydrogen-bond acceptors (Lipinski definition) is 2. The lowest BCUT2D eigenvalue weighted by molar-refractivity contribution is -0.127. The maximum absolute atomic E-state index is 11.9. The number of aliphatic imine (C=N–C) groups is 1. The van der Waals surface area contributed by atoms with E-state index in [1.165, 1.54) is 31.2 Å². The zero-order chi connectivity index (χ0) is 17.0. The Bertz CT molecular complexity index is 593. The molecule has 1 aromatic rings. The van der Waals surface area contributed by atoms with Gasteiger partial charge in [-0.1, -0.05) is 36.8 Å². The van der Waals surface area contributed by atoms with E-state index in [1.54, 1.807) is 19.0 Å². The van der Waals surface area contributed by atoms with E-state index >= 15 is 0 Å². The van der Waals surface area contributed by atoms with Crippen molar-refractivity contribution in [3.63, 3.8) is 0 Å². The van der Waals surface area contributed by atoms with Crippen LogP contribution < -0.4 is 5.32 Å². The van der Waals surface area contributed by atoms with Crippen LogP contribution >= 0.6 is 0 Å². The summed E-state index contributed by atoms with van der Waals surface area (Å²) >= 11 is 0. The Labute approximate surface area is 144 Å². The second-order valence-corrected chi connectivity index (χ2v) is 7.29. The Hall–Kier alpha value is -2.04. The summed E-state index contributed by atoms with van der Waals surface area (Å²) in [6, 6.07) is 10.3. The molecule has 1 saturated heterocycles. The van der Waals surface area contributed by atoms with Gasteiger partial charge in [0.2, 0.25) is 5.91 Å². The third kappa shape index (κ3) is 3.89. The summed E-state index contributed by atoms with van der Waals surface area (Å²) in [5.74, 6) is 0.942. The molecule has 1 N–H and O–H groups in total. The van der Waals surface area contributed by atoms with Gasteiger partial charge in [-0.05, 0) is 30.2 Å². The van der Waals surface area contributed by atoms with Gasteiger partial charge in [-0.25, -0.2) is 4.99 Å². The summed E-state index contributed by atoms with van der Waals surface area (Å²) in [6.45, 7) is 3.05. The van der Waals surface area contributed by atoms with Gasteiger partial charge in [0.1, 0.15) is 0 Å². The largest absolute Gasteiger partial charge is 0.347 e. The smallest absolute Gasteiger partial charge is 0.241 e. The minimum atomic E-state index is 0.0694. The van der Waals surface area contributed by atoms with Crippen LogP contribution in [-0.2, 0) is 11.3 Å². The number of likely N-dealkylation sites (tertiary alicyclic amines) is 1. The first kappa shape index (κ1) is 16.8. The van der Waals surface area contributed by atoms with Crippen molar-refractivity contribution in [2.24, 2.45) is 10.4 Å². The van der Waals surface area contributed by atoms with Crippen LogP contribution in [0.3, 0.4) is 0 Å². The number of carbonyl (C=O) groups excluding carboxylic acids is 1. The first-order valence-electron chi connectivity index (χ1n) is 8.85. The first-order chi connectivity index (χ1) is 11.6. The molecule has 24 heavy (non-hydrogen) atoms. The molecule has 0 atom stereocenters. The zero-order valence-electron chi connectivity index (χ0n) is 14.8. The average Bonchev–Trinajstić information content (AvgIpc) is 3.01. The number of nitrogens with zero attached hydrogens (tertiary/aromatic N) is 3. The molecule has 1 saturated carbocycles. The van der Waals surface area contributed by atoms with Crippen LogP contribution in [0.2, 0.25) is 0 Å². The van der Waals surface area contributed by atoms with E-state index in [1.807, 2.05) is 18.2 Å². The Kier molecular flexibility index (Phi) is 5.07. The fourth-order valence-electron chi connectivity index (χ4n) is 3.53. The number of guanidine groups is 1. The van der Waals surface area contributed by atoms with Crippen molar-refractivity contribution < 1.29 is 4.79 Å². The molecule has 5 nitrogen and oxygen atoms in total. The summed E-state index contributed by atoms with van der Waals surface area (Å²) < 4.78 is 0. The summed E-state index contributed by atoms with van der Waals surface area (Å²) in [5.41, 5.74) is 1.70. The van der Waals surface area contributed by atoms with Crippen molar-refractivity contribution in [1.82, 2.24) is 15.1 Å². The number of nitrogens with one attached hydrogen (secondary N) is 1. The highest BCUT2D eigenvalue weighted by atomic mass is 16.2. The Balaban J connectivity index is 1.67. The SMILES string of the molecule is CN(C)C(=O)CNC(=NCc1ccccc1)N1CCC2(CCC2)C1. The fourth-order valence-corrected chi connectivity index (χ4v) is 3.53. The predicted molar refractivity (Wildman–Crippen MR) is 96.8 cm³/mol. The minimum absolute atomic E-state index is 0.0694. The van der Waals surface area contributed by atoms with Gasteiger partial charge in [0.05, 0.1) is 13.1 Å². The second-order valence-electron chi connectivity index (χ2n) is 7.29. The molecule has 0 aromatic heterocycles. The van der Waals surface area contributed by atoms with Crippen LogP contribution in [0.15, 0.2) is 35.3 Å². The van der Waals surface area contributed by atoms with Crippen molar-refractivity contribution >= 4 is 11.9 Å². The number of amides is 1. The van der Waals surface area contributed by atoms with Gasteiger partial charge in [0.25, 0.3) is 0 Å². The molecule has 1 aromatic carbocycles. The maximum Gasteiger partial charge on any atom is 0.241 e. The topological polar surface area (TPSA) is 47.9 Å². The van der Waals surface area contributed by atoms with Gasteiger partial charge < -0.3 is 15.1 Å². The monoisotopic (exact) mass is 328 g/mol. The lowest BCUT2D eigenvalue weighted by atomic mass is 9.68. The molecule has 2 aliphatic rings. The third-order valence-electron chi connectivity index (χ3n) is 5.30. The second kappa shape index (κ2) is 7.24. The lowest BCUT2D eigenvalue weighted by Crippen LogP contribution is -2.45. The van der Waals surface area contributed by atoms with E-state index in [2.05, 4.69) is 22.3 Å². The number of rotatable bonds is 4. The molecule has 3 rings (SSSR count). The molecule has 1 aliphatic carbocycles. The summed E-state index contributed by atoms with van der Waals surface area (Å²) in [7, 11) is 3.56. The Morgan fingerprint density at radius 3 is 2.58 bits per heavy atom. The van der Waals surface area contributed by atoms with E-state index in [0.29, 0.717) is 18.5 Å². The molecular weight excluding hydrogens is 300 g/mol. The normalized spacial score (nSPS) is 19.2. The lowest BCUT2D eigenvalue weighted by Gasteiger charge is -2.38. The van der Waals surface area contributed by atoms with Gasteiger partial charge in [-0.2, -0.15) is 0 Å². The predicted octanol–water partition coefficient (Wildman–Crippen LogP) is 2.10. The molecule has 130 valence electrons. The molecular formula is C19H28N4O. The Morgan fingerprint density at radius 2 is 2.00 bits per heavy atom. The van der Waals surface area contributed by atoms with E-state index in [9.17, 15) is 4.79 Å². The molecule has 0 radical (unpaired) electrons. The Morgan fingerprint density at radius 1 is 1.25 bits per heavy atom. The molecule has 1 heterocycles. The molecule has 1 spiro atoms. The number of hydrogen-bond donors (Lipinski definition) is 1. The summed E-state index contributed by atoms with van der Waals surface area (Å²) in [4.78, 5) is 20.7.